The Hall–Kier alpha value is -1.62. The predicted molar refractivity (Wildman–Crippen MR) is 96.8 cm³/mol. The van der Waals surface area contributed by atoms with E-state index >= 15 is 0 Å². The summed E-state index contributed by atoms with van der Waals surface area (Å²) in [6.07, 6.45) is 3.47. The number of benzene rings is 1. The van der Waals surface area contributed by atoms with E-state index in [1.165, 1.54) is 12.1 Å². The van der Waals surface area contributed by atoms with Crippen molar-refractivity contribution in [2.24, 2.45) is 4.99 Å². The zero-order valence-electron chi connectivity index (χ0n) is 15.0. The summed E-state index contributed by atoms with van der Waals surface area (Å²) in [6, 6.07) is 7.01. The summed E-state index contributed by atoms with van der Waals surface area (Å²) in [5.41, 5.74) is 0.906. The van der Waals surface area contributed by atoms with Gasteiger partial charge in [0, 0.05) is 18.0 Å². The minimum absolute atomic E-state index is 0.153. The van der Waals surface area contributed by atoms with Gasteiger partial charge in [-0.3, -0.25) is 4.99 Å². The van der Waals surface area contributed by atoms with Gasteiger partial charge in [0.05, 0.1) is 12.6 Å². The van der Waals surface area contributed by atoms with Gasteiger partial charge < -0.3 is 15.7 Å². The summed E-state index contributed by atoms with van der Waals surface area (Å²) in [5, 5.41) is 16.4. The van der Waals surface area contributed by atoms with E-state index in [9.17, 15) is 9.50 Å². The third kappa shape index (κ3) is 5.48. The number of rotatable bonds is 5. The first-order chi connectivity index (χ1) is 11.4. The Morgan fingerprint density at radius 3 is 2.42 bits per heavy atom. The normalized spacial score (nSPS) is 22.3. The van der Waals surface area contributed by atoms with Gasteiger partial charge in [-0.2, -0.15) is 0 Å². The minimum atomic E-state index is -0.215. The maximum Gasteiger partial charge on any atom is 0.191 e. The van der Waals surface area contributed by atoms with Crippen molar-refractivity contribution in [3.8, 4) is 0 Å². The molecule has 1 saturated carbocycles. The molecule has 5 heteroatoms. The number of aliphatic hydroxyl groups is 1. The van der Waals surface area contributed by atoms with E-state index in [-0.39, 0.29) is 17.3 Å². The third-order valence-electron chi connectivity index (χ3n) is 4.64. The molecule has 24 heavy (non-hydrogen) atoms. The van der Waals surface area contributed by atoms with E-state index in [1.807, 2.05) is 19.1 Å². The fourth-order valence-corrected chi connectivity index (χ4v) is 3.00. The number of aliphatic hydroxyl groups excluding tert-OH is 1. The van der Waals surface area contributed by atoms with Gasteiger partial charge in [-0.1, -0.05) is 26.0 Å². The largest absolute Gasteiger partial charge is 0.393 e. The van der Waals surface area contributed by atoms with Crippen LogP contribution in [0.25, 0.3) is 0 Å². The van der Waals surface area contributed by atoms with Gasteiger partial charge in [0.1, 0.15) is 5.82 Å². The summed E-state index contributed by atoms with van der Waals surface area (Å²) in [7, 11) is 0. The van der Waals surface area contributed by atoms with Crippen LogP contribution in [0, 0.1) is 5.82 Å². The van der Waals surface area contributed by atoms with E-state index < -0.39 is 0 Å². The van der Waals surface area contributed by atoms with Gasteiger partial charge in [-0.25, -0.2) is 4.39 Å². The molecule has 4 nitrogen and oxygen atoms in total. The molecule has 0 unspecified atom stereocenters. The van der Waals surface area contributed by atoms with E-state index in [4.69, 9.17) is 4.99 Å². The van der Waals surface area contributed by atoms with Gasteiger partial charge >= 0.3 is 0 Å². The molecule has 0 aliphatic heterocycles. The van der Waals surface area contributed by atoms with Crippen molar-refractivity contribution in [2.75, 3.05) is 13.1 Å². The van der Waals surface area contributed by atoms with Crippen LogP contribution in [-0.2, 0) is 5.41 Å². The van der Waals surface area contributed by atoms with E-state index in [0.29, 0.717) is 12.6 Å². The molecule has 0 aromatic heterocycles. The van der Waals surface area contributed by atoms with E-state index in [2.05, 4.69) is 24.5 Å². The molecule has 2 rings (SSSR count). The fourth-order valence-electron chi connectivity index (χ4n) is 3.00. The van der Waals surface area contributed by atoms with Crippen LogP contribution in [0.2, 0.25) is 0 Å². The van der Waals surface area contributed by atoms with Crippen LogP contribution in [0.3, 0.4) is 0 Å². The quantitative estimate of drug-likeness (QED) is 0.573. The number of nitrogens with one attached hydrogen (secondary N) is 2. The molecule has 0 bridgehead atoms. The molecule has 0 heterocycles. The summed E-state index contributed by atoms with van der Waals surface area (Å²) >= 11 is 0. The zero-order valence-corrected chi connectivity index (χ0v) is 15.0. The second-order valence-corrected chi connectivity index (χ2v) is 7.24. The molecule has 0 spiro atoms. The van der Waals surface area contributed by atoms with Gasteiger partial charge in [-0.15, -0.1) is 0 Å². The minimum Gasteiger partial charge on any atom is -0.393 e. The number of hydrogen-bond donors (Lipinski definition) is 3. The second kappa shape index (κ2) is 8.47. The van der Waals surface area contributed by atoms with Crippen LogP contribution in [0.4, 0.5) is 4.39 Å². The van der Waals surface area contributed by atoms with Crippen LogP contribution in [0.5, 0.6) is 0 Å². The molecule has 0 saturated heterocycles. The van der Waals surface area contributed by atoms with Crippen molar-refractivity contribution < 1.29 is 9.50 Å². The van der Waals surface area contributed by atoms with Crippen molar-refractivity contribution in [3.05, 3.63) is 35.6 Å². The molecule has 1 aromatic carbocycles. The molecular weight excluding hydrogens is 305 g/mol. The first-order valence-electron chi connectivity index (χ1n) is 8.89. The Labute approximate surface area is 144 Å². The van der Waals surface area contributed by atoms with Crippen molar-refractivity contribution in [1.82, 2.24) is 10.6 Å². The van der Waals surface area contributed by atoms with Gasteiger partial charge in [0.15, 0.2) is 5.96 Å². The third-order valence-corrected chi connectivity index (χ3v) is 4.64. The highest BCUT2D eigenvalue weighted by Gasteiger charge is 2.22. The fraction of sp³-hybridized carbons (Fsp3) is 0.632. The molecular formula is C19H30FN3O. The lowest BCUT2D eigenvalue weighted by atomic mass is 9.85. The smallest absolute Gasteiger partial charge is 0.191 e. The summed E-state index contributed by atoms with van der Waals surface area (Å²) in [6.45, 7) is 7.70. The van der Waals surface area contributed by atoms with Crippen LogP contribution < -0.4 is 10.6 Å². The SMILES string of the molecule is CCNC(=NCC(C)(C)c1ccc(F)cc1)NC1CCC(O)CC1. The molecule has 1 aliphatic rings. The average molecular weight is 335 g/mol. The zero-order chi connectivity index (χ0) is 17.6. The molecule has 134 valence electrons. The van der Waals surface area contributed by atoms with Gasteiger partial charge in [0.2, 0.25) is 0 Å². The maximum atomic E-state index is 13.1. The highest BCUT2D eigenvalue weighted by Crippen LogP contribution is 2.24. The van der Waals surface area contributed by atoms with Crippen LogP contribution in [0.15, 0.2) is 29.3 Å². The van der Waals surface area contributed by atoms with Gasteiger partial charge in [0.25, 0.3) is 0 Å². The van der Waals surface area contributed by atoms with E-state index in [1.54, 1.807) is 0 Å². The molecule has 1 aliphatic carbocycles. The van der Waals surface area contributed by atoms with Gasteiger partial charge in [-0.05, 0) is 50.3 Å². The Balaban J connectivity index is 1.99. The number of aliphatic imine (C=N–C) groups is 1. The number of guanidine groups is 1. The molecule has 3 N–H and O–H groups in total. The van der Waals surface area contributed by atoms with Crippen LogP contribution >= 0.6 is 0 Å². The topological polar surface area (TPSA) is 56.7 Å². The Morgan fingerprint density at radius 1 is 1.21 bits per heavy atom. The van der Waals surface area contributed by atoms with Crippen molar-refractivity contribution in [2.45, 2.75) is 64.0 Å². The summed E-state index contributed by atoms with van der Waals surface area (Å²) in [4.78, 5) is 4.74. The van der Waals surface area contributed by atoms with Crippen LogP contribution in [-0.4, -0.2) is 36.3 Å². The lowest BCUT2D eigenvalue weighted by molar-refractivity contribution is 0.120. The standard InChI is InChI=1S/C19H30FN3O/c1-4-21-18(23-16-9-11-17(24)12-10-16)22-13-19(2,3)14-5-7-15(20)8-6-14/h5-8,16-17,24H,4,9-13H2,1-3H3,(H2,21,22,23). The molecule has 1 aromatic rings. The maximum absolute atomic E-state index is 13.1. The average Bonchev–Trinajstić information content (AvgIpc) is 2.55. The Kier molecular flexibility index (Phi) is 6.60. The van der Waals surface area contributed by atoms with Crippen LogP contribution in [0.1, 0.15) is 52.0 Å². The number of hydrogen-bond acceptors (Lipinski definition) is 2. The number of halogens is 1. The molecule has 0 atom stereocenters. The van der Waals surface area contributed by atoms with Crippen molar-refractivity contribution >= 4 is 5.96 Å². The highest BCUT2D eigenvalue weighted by atomic mass is 19.1. The highest BCUT2D eigenvalue weighted by molar-refractivity contribution is 5.80. The monoisotopic (exact) mass is 335 g/mol. The second-order valence-electron chi connectivity index (χ2n) is 7.24. The van der Waals surface area contributed by atoms with E-state index in [0.717, 1.165) is 43.8 Å². The first kappa shape index (κ1) is 18.7. The van der Waals surface area contributed by atoms with Crippen molar-refractivity contribution in [1.29, 1.82) is 0 Å². The predicted octanol–water partition coefficient (Wildman–Crippen LogP) is 2.96. The lowest BCUT2D eigenvalue weighted by Gasteiger charge is -2.28. The summed E-state index contributed by atoms with van der Waals surface area (Å²) < 4.78 is 13.1. The lowest BCUT2D eigenvalue weighted by Crippen LogP contribution is -2.45. The Bertz CT molecular complexity index is 534. The first-order valence-corrected chi connectivity index (χ1v) is 8.89. The Morgan fingerprint density at radius 2 is 1.83 bits per heavy atom. The molecule has 1 fully saturated rings. The number of nitrogens with zero attached hydrogens (tertiary/aromatic N) is 1. The molecule has 0 amide bonds. The molecule has 0 radical (unpaired) electrons. The van der Waals surface area contributed by atoms with Crippen molar-refractivity contribution in [3.63, 3.8) is 0 Å². The summed E-state index contributed by atoms with van der Waals surface area (Å²) in [5.74, 6) is 0.599.